The summed E-state index contributed by atoms with van der Waals surface area (Å²) in [6, 6.07) is 4.58. The number of likely N-dealkylation sites (tertiary alicyclic amines) is 1. The van der Waals surface area contributed by atoms with Gasteiger partial charge in [-0.25, -0.2) is 4.39 Å². The molecular weight excluding hydrogens is 269 g/mol. The molecule has 0 unspecified atom stereocenters. The molecule has 2 N–H and O–H groups in total. The van der Waals surface area contributed by atoms with Gasteiger partial charge in [0.2, 0.25) is 0 Å². The van der Waals surface area contributed by atoms with E-state index in [1.807, 2.05) is 6.92 Å². The standard InChI is InChI=1S/C16H24FN3O/c1-2-18-15-13(7-5-8-14(15)17)16(21)19-9-6-12-20-10-3-4-11-20/h5,7-8,18H,2-4,6,9-12H2,1H3,(H,19,21). The number of hydrogen-bond acceptors (Lipinski definition) is 3. The number of benzene rings is 1. The van der Waals surface area contributed by atoms with E-state index in [0.29, 0.717) is 18.7 Å². The van der Waals surface area contributed by atoms with Gasteiger partial charge in [0, 0.05) is 13.1 Å². The normalized spacial score (nSPS) is 15.1. The van der Waals surface area contributed by atoms with E-state index in [1.165, 1.54) is 32.0 Å². The summed E-state index contributed by atoms with van der Waals surface area (Å²) in [5.41, 5.74) is 0.662. The first-order valence-corrected chi connectivity index (χ1v) is 7.75. The fraction of sp³-hybridized carbons (Fsp3) is 0.562. The van der Waals surface area contributed by atoms with Gasteiger partial charge in [0.15, 0.2) is 0 Å². The number of nitrogens with one attached hydrogen (secondary N) is 2. The highest BCUT2D eigenvalue weighted by atomic mass is 19.1. The van der Waals surface area contributed by atoms with Gasteiger partial charge >= 0.3 is 0 Å². The molecule has 0 spiro atoms. The van der Waals surface area contributed by atoms with Gasteiger partial charge in [0.25, 0.3) is 5.91 Å². The fourth-order valence-corrected chi connectivity index (χ4v) is 2.68. The highest BCUT2D eigenvalue weighted by Gasteiger charge is 2.15. The number of carbonyl (C=O) groups is 1. The lowest BCUT2D eigenvalue weighted by Crippen LogP contribution is -2.29. The fourth-order valence-electron chi connectivity index (χ4n) is 2.68. The van der Waals surface area contributed by atoms with Crippen LogP contribution < -0.4 is 10.6 Å². The van der Waals surface area contributed by atoms with Gasteiger partial charge in [-0.2, -0.15) is 0 Å². The third-order valence-electron chi connectivity index (χ3n) is 3.75. The van der Waals surface area contributed by atoms with Crippen molar-refractivity contribution in [1.29, 1.82) is 0 Å². The van der Waals surface area contributed by atoms with E-state index >= 15 is 0 Å². The summed E-state index contributed by atoms with van der Waals surface area (Å²) >= 11 is 0. The Hall–Kier alpha value is -1.62. The molecule has 1 saturated heterocycles. The van der Waals surface area contributed by atoms with E-state index in [0.717, 1.165) is 13.0 Å². The van der Waals surface area contributed by atoms with E-state index < -0.39 is 0 Å². The Morgan fingerprint density at radius 3 is 2.81 bits per heavy atom. The van der Waals surface area contributed by atoms with Crippen LogP contribution in [0.25, 0.3) is 0 Å². The summed E-state index contributed by atoms with van der Waals surface area (Å²) in [5.74, 6) is -0.603. The number of anilines is 1. The molecule has 0 bridgehead atoms. The third-order valence-corrected chi connectivity index (χ3v) is 3.75. The predicted molar refractivity (Wildman–Crippen MR) is 83.2 cm³/mol. The van der Waals surface area contributed by atoms with Crippen molar-refractivity contribution in [2.45, 2.75) is 26.2 Å². The molecule has 21 heavy (non-hydrogen) atoms. The molecule has 0 saturated carbocycles. The van der Waals surface area contributed by atoms with E-state index in [1.54, 1.807) is 12.1 Å². The van der Waals surface area contributed by atoms with Crippen LogP contribution in [0.15, 0.2) is 18.2 Å². The Bertz CT molecular complexity index is 473. The zero-order valence-electron chi connectivity index (χ0n) is 12.6. The number of nitrogens with zero attached hydrogens (tertiary/aromatic N) is 1. The molecule has 1 aromatic carbocycles. The largest absolute Gasteiger partial charge is 0.382 e. The molecule has 0 aromatic heterocycles. The smallest absolute Gasteiger partial charge is 0.253 e. The third kappa shape index (κ3) is 4.43. The van der Waals surface area contributed by atoms with E-state index in [2.05, 4.69) is 15.5 Å². The highest BCUT2D eigenvalue weighted by molar-refractivity contribution is 5.99. The molecule has 1 aromatic rings. The first-order valence-electron chi connectivity index (χ1n) is 7.75. The number of hydrogen-bond donors (Lipinski definition) is 2. The lowest BCUT2D eigenvalue weighted by atomic mass is 10.1. The maximum Gasteiger partial charge on any atom is 0.253 e. The molecule has 2 rings (SSSR count). The Morgan fingerprint density at radius 2 is 2.10 bits per heavy atom. The Morgan fingerprint density at radius 1 is 1.33 bits per heavy atom. The van der Waals surface area contributed by atoms with Crippen molar-refractivity contribution in [2.75, 3.05) is 38.0 Å². The van der Waals surface area contributed by atoms with Gasteiger partial charge in [-0.05, 0) is 58.0 Å². The summed E-state index contributed by atoms with van der Waals surface area (Å²) in [6.07, 6.45) is 3.49. The van der Waals surface area contributed by atoms with Gasteiger partial charge in [0.05, 0.1) is 11.3 Å². The minimum absolute atomic E-state index is 0.216. The maximum atomic E-state index is 13.7. The van der Waals surface area contributed by atoms with Crippen molar-refractivity contribution in [1.82, 2.24) is 10.2 Å². The van der Waals surface area contributed by atoms with Crippen molar-refractivity contribution in [3.8, 4) is 0 Å². The average molecular weight is 293 g/mol. The van der Waals surface area contributed by atoms with Crippen LogP contribution in [0.5, 0.6) is 0 Å². The molecule has 0 radical (unpaired) electrons. The van der Waals surface area contributed by atoms with Gasteiger partial charge in [0.1, 0.15) is 5.82 Å². The number of para-hydroxylation sites is 1. The van der Waals surface area contributed by atoms with Gasteiger partial charge in [-0.15, -0.1) is 0 Å². The van der Waals surface area contributed by atoms with E-state index in [-0.39, 0.29) is 17.4 Å². The molecule has 1 aliphatic rings. The highest BCUT2D eigenvalue weighted by Crippen LogP contribution is 2.19. The summed E-state index contributed by atoms with van der Waals surface area (Å²) < 4.78 is 13.7. The van der Waals surface area contributed by atoms with Crippen molar-refractivity contribution >= 4 is 11.6 Å². The molecule has 1 fully saturated rings. The van der Waals surface area contributed by atoms with Crippen LogP contribution in [0.2, 0.25) is 0 Å². The van der Waals surface area contributed by atoms with Gasteiger partial charge in [-0.1, -0.05) is 6.07 Å². The summed E-state index contributed by atoms with van der Waals surface area (Å²) in [7, 11) is 0. The molecule has 1 aliphatic heterocycles. The van der Waals surface area contributed by atoms with Crippen molar-refractivity contribution in [3.05, 3.63) is 29.6 Å². The van der Waals surface area contributed by atoms with Crippen LogP contribution >= 0.6 is 0 Å². The molecule has 1 amide bonds. The van der Waals surface area contributed by atoms with Gasteiger partial charge in [-0.3, -0.25) is 4.79 Å². The molecule has 1 heterocycles. The number of rotatable bonds is 7. The molecule has 4 nitrogen and oxygen atoms in total. The van der Waals surface area contributed by atoms with Crippen molar-refractivity contribution < 1.29 is 9.18 Å². The predicted octanol–water partition coefficient (Wildman–Crippen LogP) is 2.47. The van der Waals surface area contributed by atoms with Crippen LogP contribution in [0, 0.1) is 5.82 Å². The first kappa shape index (κ1) is 15.8. The van der Waals surface area contributed by atoms with Crippen molar-refractivity contribution in [2.24, 2.45) is 0 Å². The minimum atomic E-state index is -0.387. The summed E-state index contributed by atoms with van der Waals surface area (Å²) in [4.78, 5) is 14.6. The zero-order chi connectivity index (χ0) is 15.1. The van der Waals surface area contributed by atoms with Gasteiger partial charge < -0.3 is 15.5 Å². The van der Waals surface area contributed by atoms with Crippen molar-refractivity contribution in [3.63, 3.8) is 0 Å². The Kier molecular flexibility index (Phi) is 5.99. The van der Waals surface area contributed by atoms with Crippen LogP contribution in [0.4, 0.5) is 10.1 Å². The molecule has 5 heteroatoms. The molecular formula is C16H24FN3O. The number of carbonyl (C=O) groups excluding carboxylic acids is 1. The lowest BCUT2D eigenvalue weighted by molar-refractivity contribution is 0.0952. The summed E-state index contributed by atoms with van der Waals surface area (Å²) in [6.45, 7) is 6.44. The van der Waals surface area contributed by atoms with Crippen LogP contribution in [0.3, 0.4) is 0 Å². The quantitative estimate of drug-likeness (QED) is 0.759. The SMILES string of the molecule is CCNc1c(F)cccc1C(=O)NCCCN1CCCC1. The Labute approximate surface area is 125 Å². The molecule has 116 valence electrons. The van der Waals surface area contributed by atoms with E-state index in [9.17, 15) is 9.18 Å². The minimum Gasteiger partial charge on any atom is -0.382 e. The van der Waals surface area contributed by atoms with Crippen LogP contribution in [0.1, 0.15) is 36.5 Å². The summed E-state index contributed by atoms with van der Waals surface area (Å²) in [5, 5.41) is 5.79. The van der Waals surface area contributed by atoms with Crippen LogP contribution in [-0.4, -0.2) is 43.5 Å². The molecule has 0 aliphatic carbocycles. The average Bonchev–Trinajstić information content (AvgIpc) is 2.99. The first-order chi connectivity index (χ1) is 10.2. The van der Waals surface area contributed by atoms with Crippen LogP contribution in [-0.2, 0) is 0 Å². The lowest BCUT2D eigenvalue weighted by Gasteiger charge is -2.15. The monoisotopic (exact) mass is 293 g/mol. The number of amides is 1. The second-order valence-electron chi connectivity index (χ2n) is 5.35. The zero-order valence-corrected chi connectivity index (χ0v) is 12.6. The second kappa shape index (κ2) is 7.98. The topological polar surface area (TPSA) is 44.4 Å². The second-order valence-corrected chi connectivity index (χ2v) is 5.35. The molecule has 0 atom stereocenters. The maximum absolute atomic E-state index is 13.7. The van der Waals surface area contributed by atoms with E-state index in [4.69, 9.17) is 0 Å². The Balaban J connectivity index is 1.83. The number of halogens is 1.